The molecule has 8 heteroatoms. The maximum Gasteiger partial charge on any atom is 0.260 e. The molecule has 3 heterocycles. The molecule has 2 aromatic heterocycles. The van der Waals surface area contributed by atoms with Crippen molar-refractivity contribution in [3.05, 3.63) is 84.1 Å². The zero-order valence-electron chi connectivity index (χ0n) is 18.0. The number of ether oxygens (including phenoxy) is 1. The second-order valence-electron chi connectivity index (χ2n) is 8.14. The first-order chi connectivity index (χ1) is 16.2. The average Bonchev–Trinajstić information content (AvgIpc) is 3.31. The van der Waals surface area contributed by atoms with Gasteiger partial charge in [0.1, 0.15) is 17.9 Å². The van der Waals surface area contributed by atoms with Crippen molar-refractivity contribution in [1.29, 1.82) is 0 Å². The first-order valence-corrected chi connectivity index (χ1v) is 10.9. The third-order valence-corrected chi connectivity index (χ3v) is 5.80. The summed E-state index contributed by atoms with van der Waals surface area (Å²) in [7, 11) is 0. The average molecular weight is 446 g/mol. The molecule has 4 aromatic rings. The molecule has 0 aliphatic carbocycles. The smallest absolute Gasteiger partial charge is 0.260 e. The van der Waals surface area contributed by atoms with Gasteiger partial charge in [-0.2, -0.15) is 0 Å². The Labute approximate surface area is 190 Å². The zero-order valence-corrected chi connectivity index (χ0v) is 18.0. The Morgan fingerprint density at radius 1 is 1.15 bits per heavy atom. The number of rotatable bonds is 6. The molecule has 0 N–H and O–H groups in total. The van der Waals surface area contributed by atoms with Gasteiger partial charge < -0.3 is 14.1 Å². The van der Waals surface area contributed by atoms with E-state index >= 15 is 0 Å². The number of benzene rings is 2. The molecule has 5 rings (SSSR count). The number of halogens is 1. The molecule has 1 aliphatic rings. The lowest BCUT2D eigenvalue weighted by atomic mass is 9.98. The molecule has 1 amide bonds. The molecule has 168 valence electrons. The molecular formula is C25H23FN4O3. The van der Waals surface area contributed by atoms with E-state index in [1.807, 2.05) is 30.3 Å². The molecule has 0 bridgehead atoms. The second-order valence-corrected chi connectivity index (χ2v) is 8.14. The summed E-state index contributed by atoms with van der Waals surface area (Å²) in [4.78, 5) is 27.4. The number of hydrogen-bond donors (Lipinski definition) is 0. The summed E-state index contributed by atoms with van der Waals surface area (Å²) >= 11 is 0. The van der Waals surface area contributed by atoms with E-state index in [1.165, 1.54) is 18.5 Å². The molecule has 0 radical (unpaired) electrons. The summed E-state index contributed by atoms with van der Waals surface area (Å²) in [6.07, 6.45) is 5.34. The first kappa shape index (κ1) is 21.1. The number of carbonyl (C=O) groups is 1. The van der Waals surface area contributed by atoms with Gasteiger partial charge in [0, 0.05) is 19.5 Å². The highest BCUT2D eigenvalue weighted by atomic mass is 19.1. The van der Waals surface area contributed by atoms with Crippen LogP contribution in [-0.2, 0) is 11.2 Å². The number of fused-ring (bicyclic) bond motifs is 1. The molecule has 33 heavy (non-hydrogen) atoms. The standard InChI is InChI=1S/C25H23FN4O3/c26-19-7-3-5-17(11-19)12-20-13-27-24(33-20)18-6-4-10-30(14-18)23(31)15-32-25-21-8-1-2-9-22(21)28-16-29-25/h1-3,5,7-9,11,13,16,18H,4,6,10,12,14-15H2. The van der Waals surface area contributed by atoms with Crippen LogP contribution in [0.1, 0.15) is 36.0 Å². The van der Waals surface area contributed by atoms with E-state index in [9.17, 15) is 9.18 Å². The number of nitrogens with zero attached hydrogens (tertiary/aromatic N) is 4. The Morgan fingerprint density at radius 3 is 2.97 bits per heavy atom. The number of hydrogen-bond acceptors (Lipinski definition) is 6. The molecule has 1 aliphatic heterocycles. The molecule has 0 spiro atoms. The van der Waals surface area contributed by atoms with Gasteiger partial charge in [0.25, 0.3) is 5.91 Å². The van der Waals surface area contributed by atoms with E-state index < -0.39 is 0 Å². The van der Waals surface area contributed by atoms with E-state index in [1.54, 1.807) is 17.2 Å². The Morgan fingerprint density at radius 2 is 2.06 bits per heavy atom. The van der Waals surface area contributed by atoms with E-state index in [0.29, 0.717) is 37.0 Å². The van der Waals surface area contributed by atoms with Crippen molar-refractivity contribution in [2.75, 3.05) is 19.7 Å². The van der Waals surface area contributed by atoms with Crippen molar-refractivity contribution in [3.8, 4) is 5.88 Å². The van der Waals surface area contributed by atoms with Crippen LogP contribution in [0.5, 0.6) is 5.88 Å². The van der Waals surface area contributed by atoms with Gasteiger partial charge in [0.2, 0.25) is 5.88 Å². The Bertz CT molecular complexity index is 1270. The molecular weight excluding hydrogens is 423 g/mol. The summed E-state index contributed by atoms with van der Waals surface area (Å²) in [6, 6.07) is 14.0. The predicted molar refractivity (Wildman–Crippen MR) is 119 cm³/mol. The van der Waals surface area contributed by atoms with Gasteiger partial charge in [-0.1, -0.05) is 24.3 Å². The summed E-state index contributed by atoms with van der Waals surface area (Å²) < 4.78 is 25.1. The lowest BCUT2D eigenvalue weighted by Gasteiger charge is -2.31. The van der Waals surface area contributed by atoms with Crippen LogP contribution in [0.3, 0.4) is 0 Å². The van der Waals surface area contributed by atoms with Gasteiger partial charge in [-0.05, 0) is 42.7 Å². The highest BCUT2D eigenvalue weighted by Gasteiger charge is 2.28. The van der Waals surface area contributed by atoms with Gasteiger partial charge in [-0.15, -0.1) is 0 Å². The number of likely N-dealkylation sites (tertiary alicyclic amines) is 1. The summed E-state index contributed by atoms with van der Waals surface area (Å²) in [5, 5.41) is 0.773. The maximum atomic E-state index is 13.4. The molecule has 7 nitrogen and oxygen atoms in total. The minimum atomic E-state index is -0.272. The van der Waals surface area contributed by atoms with E-state index in [-0.39, 0.29) is 24.2 Å². The minimum absolute atomic E-state index is 0.0174. The number of para-hydroxylation sites is 1. The number of aromatic nitrogens is 3. The lowest BCUT2D eigenvalue weighted by Crippen LogP contribution is -2.41. The molecule has 1 saturated heterocycles. The van der Waals surface area contributed by atoms with Crippen molar-refractivity contribution in [2.45, 2.75) is 25.2 Å². The van der Waals surface area contributed by atoms with Crippen molar-refractivity contribution in [2.24, 2.45) is 0 Å². The maximum absolute atomic E-state index is 13.4. The number of piperidine rings is 1. The minimum Gasteiger partial charge on any atom is -0.467 e. The molecule has 1 atom stereocenters. The van der Waals surface area contributed by atoms with Crippen LogP contribution >= 0.6 is 0 Å². The fourth-order valence-corrected chi connectivity index (χ4v) is 4.16. The van der Waals surface area contributed by atoms with Crippen LogP contribution in [0.2, 0.25) is 0 Å². The summed E-state index contributed by atoms with van der Waals surface area (Å²) in [6.45, 7) is 1.09. The quantitative estimate of drug-likeness (QED) is 0.443. The van der Waals surface area contributed by atoms with Crippen LogP contribution in [0.25, 0.3) is 10.9 Å². The van der Waals surface area contributed by atoms with Crippen LogP contribution in [0, 0.1) is 5.82 Å². The van der Waals surface area contributed by atoms with E-state index in [0.717, 1.165) is 29.3 Å². The molecule has 2 aromatic carbocycles. The summed E-state index contributed by atoms with van der Waals surface area (Å²) in [5.74, 6) is 1.33. The Hall–Kier alpha value is -3.81. The molecule has 1 fully saturated rings. The van der Waals surface area contributed by atoms with Gasteiger partial charge >= 0.3 is 0 Å². The van der Waals surface area contributed by atoms with Crippen molar-refractivity contribution in [1.82, 2.24) is 19.9 Å². The fraction of sp³-hybridized carbons (Fsp3) is 0.280. The number of oxazole rings is 1. The van der Waals surface area contributed by atoms with Crippen molar-refractivity contribution in [3.63, 3.8) is 0 Å². The topological polar surface area (TPSA) is 81.4 Å². The Kier molecular flexibility index (Phi) is 5.97. The normalized spacial score (nSPS) is 16.2. The number of carbonyl (C=O) groups excluding carboxylic acids is 1. The number of amides is 1. The third-order valence-electron chi connectivity index (χ3n) is 5.80. The monoisotopic (exact) mass is 446 g/mol. The fourth-order valence-electron chi connectivity index (χ4n) is 4.16. The van der Waals surface area contributed by atoms with Gasteiger partial charge in [0.05, 0.1) is 23.0 Å². The van der Waals surface area contributed by atoms with Crippen molar-refractivity contribution >= 4 is 16.8 Å². The van der Waals surface area contributed by atoms with Gasteiger partial charge in [0.15, 0.2) is 12.5 Å². The highest BCUT2D eigenvalue weighted by Crippen LogP contribution is 2.28. The van der Waals surface area contributed by atoms with Crippen LogP contribution in [0.4, 0.5) is 4.39 Å². The van der Waals surface area contributed by atoms with E-state index in [4.69, 9.17) is 9.15 Å². The second kappa shape index (κ2) is 9.36. The van der Waals surface area contributed by atoms with Crippen molar-refractivity contribution < 1.29 is 18.3 Å². The van der Waals surface area contributed by atoms with Crippen LogP contribution < -0.4 is 4.74 Å². The largest absolute Gasteiger partial charge is 0.467 e. The van der Waals surface area contributed by atoms with Gasteiger partial charge in [-0.25, -0.2) is 19.3 Å². The van der Waals surface area contributed by atoms with Crippen LogP contribution in [-0.4, -0.2) is 45.5 Å². The highest BCUT2D eigenvalue weighted by molar-refractivity contribution is 5.84. The lowest BCUT2D eigenvalue weighted by molar-refractivity contribution is -0.134. The first-order valence-electron chi connectivity index (χ1n) is 10.9. The molecule has 1 unspecified atom stereocenters. The third kappa shape index (κ3) is 4.84. The zero-order chi connectivity index (χ0) is 22.6. The summed E-state index contributed by atoms with van der Waals surface area (Å²) in [5.41, 5.74) is 1.60. The molecule has 0 saturated carbocycles. The van der Waals surface area contributed by atoms with Gasteiger partial charge in [-0.3, -0.25) is 4.79 Å². The Balaban J connectivity index is 1.21. The predicted octanol–water partition coefficient (Wildman–Crippen LogP) is 4.13. The SMILES string of the molecule is O=C(COc1ncnc2ccccc12)N1CCCC(c2ncc(Cc3cccc(F)c3)o2)C1. The van der Waals surface area contributed by atoms with Crippen LogP contribution in [0.15, 0.2) is 65.5 Å². The van der Waals surface area contributed by atoms with E-state index in [2.05, 4.69) is 15.0 Å².